The van der Waals surface area contributed by atoms with Gasteiger partial charge in [0.15, 0.2) is 0 Å². The lowest BCUT2D eigenvalue weighted by atomic mass is 10.1. The average Bonchev–Trinajstić information content (AvgIpc) is 3.30. The number of carbonyl (C=O) groups excluding carboxylic acids is 1. The number of nitrogens with one attached hydrogen (secondary N) is 1. The Labute approximate surface area is 201 Å². The predicted octanol–water partition coefficient (Wildman–Crippen LogP) is 5.71. The molecule has 1 N–H and O–H groups in total. The van der Waals surface area contributed by atoms with Gasteiger partial charge < -0.3 is 10.1 Å². The number of hydrogen-bond donors (Lipinski definition) is 1. The van der Waals surface area contributed by atoms with Crippen LogP contribution in [0.15, 0.2) is 79.0 Å². The molecule has 1 amide bonds. The number of ether oxygens (including phenoxy) is 1. The van der Waals surface area contributed by atoms with Crippen molar-refractivity contribution in [3.8, 4) is 28.8 Å². The molecule has 2 aromatic carbocycles. The van der Waals surface area contributed by atoms with E-state index >= 15 is 0 Å². The Bertz CT molecular complexity index is 1160. The van der Waals surface area contributed by atoms with E-state index in [9.17, 15) is 10.1 Å². The zero-order valence-electron chi connectivity index (χ0n) is 19.5. The van der Waals surface area contributed by atoms with Crippen LogP contribution in [0.5, 0.6) is 5.75 Å². The molecular formula is C28H30N4O2. The lowest BCUT2D eigenvalue weighted by Crippen LogP contribution is -2.24. The maximum Gasteiger partial charge on any atom is 0.262 e. The molecule has 1 aromatic heterocycles. The molecule has 6 nitrogen and oxygen atoms in total. The first-order chi connectivity index (χ1) is 16.7. The molecule has 34 heavy (non-hydrogen) atoms. The Morgan fingerprint density at radius 1 is 1.15 bits per heavy atom. The summed E-state index contributed by atoms with van der Waals surface area (Å²) in [5.74, 6) is 0.356. The second-order valence-electron chi connectivity index (χ2n) is 7.82. The molecule has 1 heterocycles. The van der Waals surface area contributed by atoms with Gasteiger partial charge in [0.25, 0.3) is 5.91 Å². The van der Waals surface area contributed by atoms with Crippen molar-refractivity contribution < 1.29 is 9.53 Å². The largest absolute Gasteiger partial charge is 0.494 e. The van der Waals surface area contributed by atoms with E-state index in [0.717, 1.165) is 23.4 Å². The smallest absolute Gasteiger partial charge is 0.262 e. The summed E-state index contributed by atoms with van der Waals surface area (Å²) >= 11 is 0. The van der Waals surface area contributed by atoms with Gasteiger partial charge >= 0.3 is 0 Å². The number of nitriles is 1. The van der Waals surface area contributed by atoms with Crippen LogP contribution in [0.4, 0.5) is 0 Å². The number of rotatable bonds is 12. The molecule has 0 aliphatic rings. The normalized spacial score (nSPS) is 11.0. The lowest BCUT2D eigenvalue weighted by Gasteiger charge is -2.07. The molecule has 0 unspecified atom stereocenters. The number of benzene rings is 2. The van der Waals surface area contributed by atoms with Gasteiger partial charge in [-0.1, -0.05) is 50.5 Å². The summed E-state index contributed by atoms with van der Waals surface area (Å²) in [6, 6.07) is 19.4. The molecule has 0 fully saturated rings. The second kappa shape index (κ2) is 12.8. The monoisotopic (exact) mass is 454 g/mol. The molecule has 0 aliphatic carbocycles. The molecule has 0 radical (unpaired) electrons. The van der Waals surface area contributed by atoms with Gasteiger partial charge in [-0.3, -0.25) is 4.79 Å². The van der Waals surface area contributed by atoms with E-state index in [1.807, 2.05) is 66.9 Å². The summed E-state index contributed by atoms with van der Waals surface area (Å²) in [6.07, 6.45) is 9.58. The third-order valence-electron chi connectivity index (χ3n) is 5.23. The van der Waals surface area contributed by atoms with Crippen molar-refractivity contribution in [3.63, 3.8) is 0 Å². The minimum atomic E-state index is -0.451. The summed E-state index contributed by atoms with van der Waals surface area (Å²) in [5.41, 5.74) is 3.08. The fourth-order valence-electron chi connectivity index (χ4n) is 3.42. The van der Waals surface area contributed by atoms with E-state index in [1.54, 1.807) is 16.8 Å². The molecule has 6 heteroatoms. The number of nitrogens with zero attached hydrogens (tertiary/aromatic N) is 3. The van der Waals surface area contributed by atoms with Gasteiger partial charge in [0.1, 0.15) is 17.4 Å². The highest BCUT2D eigenvalue weighted by atomic mass is 16.5. The first kappa shape index (κ1) is 24.5. The van der Waals surface area contributed by atoms with Crippen molar-refractivity contribution in [2.75, 3.05) is 13.2 Å². The lowest BCUT2D eigenvalue weighted by molar-refractivity contribution is -0.116. The SMILES string of the molecule is C=CCNC(=O)C(C#N)=Cc1cn(-c2ccccc2)nc1-c1ccc(OCCCCCC)cc1. The number of para-hydroxylation sites is 1. The predicted molar refractivity (Wildman–Crippen MR) is 135 cm³/mol. The van der Waals surface area contributed by atoms with Gasteiger partial charge in [0, 0.05) is 23.9 Å². The number of unbranched alkanes of at least 4 members (excludes halogenated alkanes) is 3. The van der Waals surface area contributed by atoms with Crippen LogP contribution in [-0.2, 0) is 4.79 Å². The highest BCUT2D eigenvalue weighted by Gasteiger charge is 2.15. The highest BCUT2D eigenvalue weighted by molar-refractivity contribution is 6.02. The van der Waals surface area contributed by atoms with E-state index in [-0.39, 0.29) is 12.1 Å². The number of aromatic nitrogens is 2. The molecule has 0 aliphatic heterocycles. The van der Waals surface area contributed by atoms with Crippen molar-refractivity contribution >= 4 is 12.0 Å². The van der Waals surface area contributed by atoms with Crippen LogP contribution in [0.2, 0.25) is 0 Å². The van der Waals surface area contributed by atoms with E-state index in [0.29, 0.717) is 17.9 Å². The summed E-state index contributed by atoms with van der Waals surface area (Å²) in [4.78, 5) is 12.4. The number of amides is 1. The molecular weight excluding hydrogens is 424 g/mol. The molecule has 0 atom stereocenters. The van der Waals surface area contributed by atoms with Crippen LogP contribution >= 0.6 is 0 Å². The van der Waals surface area contributed by atoms with Crippen LogP contribution < -0.4 is 10.1 Å². The minimum absolute atomic E-state index is 0.00254. The van der Waals surface area contributed by atoms with Crippen molar-refractivity contribution in [2.45, 2.75) is 32.6 Å². The van der Waals surface area contributed by atoms with Crippen LogP contribution in [0.3, 0.4) is 0 Å². The topological polar surface area (TPSA) is 79.9 Å². The van der Waals surface area contributed by atoms with E-state index in [4.69, 9.17) is 9.84 Å². The molecule has 0 saturated carbocycles. The second-order valence-corrected chi connectivity index (χ2v) is 7.82. The van der Waals surface area contributed by atoms with Crippen LogP contribution in [0, 0.1) is 11.3 Å². The standard InChI is InChI=1S/C28H30N4O2/c1-3-5-6-10-18-34-26-15-13-22(14-16-26)27-24(19-23(20-29)28(33)30-17-4-2)21-32(31-27)25-11-8-7-9-12-25/h4,7-9,11-16,19,21H,2-3,5-6,10,17-18H2,1H3,(H,30,33). The molecule has 3 rings (SSSR count). The zero-order valence-corrected chi connectivity index (χ0v) is 19.5. The Morgan fingerprint density at radius 3 is 2.59 bits per heavy atom. The van der Waals surface area contributed by atoms with E-state index in [2.05, 4.69) is 18.8 Å². The number of carbonyl (C=O) groups is 1. The Morgan fingerprint density at radius 2 is 1.91 bits per heavy atom. The minimum Gasteiger partial charge on any atom is -0.494 e. The molecule has 3 aromatic rings. The zero-order chi connectivity index (χ0) is 24.2. The Hall–Kier alpha value is -4.11. The third kappa shape index (κ3) is 6.69. The van der Waals surface area contributed by atoms with Gasteiger partial charge in [0.05, 0.1) is 18.0 Å². The first-order valence-electron chi connectivity index (χ1n) is 11.6. The van der Waals surface area contributed by atoms with E-state index in [1.165, 1.54) is 19.3 Å². The maximum absolute atomic E-state index is 12.4. The molecule has 174 valence electrons. The van der Waals surface area contributed by atoms with E-state index < -0.39 is 5.91 Å². The summed E-state index contributed by atoms with van der Waals surface area (Å²) in [7, 11) is 0. The van der Waals surface area contributed by atoms with Gasteiger partial charge in [-0.2, -0.15) is 10.4 Å². The Balaban J connectivity index is 1.90. The number of hydrogen-bond acceptors (Lipinski definition) is 4. The highest BCUT2D eigenvalue weighted by Crippen LogP contribution is 2.27. The van der Waals surface area contributed by atoms with Crippen LogP contribution in [0.25, 0.3) is 23.0 Å². The average molecular weight is 455 g/mol. The third-order valence-corrected chi connectivity index (χ3v) is 5.23. The maximum atomic E-state index is 12.4. The summed E-state index contributed by atoms with van der Waals surface area (Å²) < 4.78 is 7.60. The van der Waals surface area contributed by atoms with Gasteiger partial charge in [-0.25, -0.2) is 4.68 Å². The fourth-order valence-corrected chi connectivity index (χ4v) is 3.42. The van der Waals surface area contributed by atoms with Crippen LogP contribution in [-0.4, -0.2) is 28.8 Å². The first-order valence-corrected chi connectivity index (χ1v) is 11.6. The van der Waals surface area contributed by atoms with Gasteiger partial charge in [0.2, 0.25) is 0 Å². The van der Waals surface area contributed by atoms with Gasteiger partial charge in [-0.05, 0) is 48.9 Å². The summed E-state index contributed by atoms with van der Waals surface area (Å²) in [5, 5.41) is 17.0. The van der Waals surface area contributed by atoms with Gasteiger partial charge in [-0.15, -0.1) is 6.58 Å². The molecule has 0 spiro atoms. The quantitative estimate of drug-likeness (QED) is 0.165. The Kier molecular flexibility index (Phi) is 9.24. The summed E-state index contributed by atoms with van der Waals surface area (Å²) in [6.45, 7) is 6.76. The molecule has 0 bridgehead atoms. The van der Waals surface area contributed by atoms with Crippen molar-refractivity contribution in [1.29, 1.82) is 5.26 Å². The van der Waals surface area contributed by atoms with Crippen molar-refractivity contribution in [3.05, 3.63) is 84.6 Å². The fraction of sp³-hybridized carbons (Fsp3) is 0.250. The van der Waals surface area contributed by atoms with Crippen molar-refractivity contribution in [1.82, 2.24) is 15.1 Å². The van der Waals surface area contributed by atoms with Crippen LogP contribution in [0.1, 0.15) is 38.2 Å². The molecule has 0 saturated heterocycles. The van der Waals surface area contributed by atoms with Crippen molar-refractivity contribution in [2.24, 2.45) is 0 Å².